The fourth-order valence-electron chi connectivity index (χ4n) is 3.70. The van der Waals surface area contributed by atoms with Crippen molar-refractivity contribution in [3.05, 3.63) is 70.2 Å². The van der Waals surface area contributed by atoms with Crippen LogP contribution in [0.25, 0.3) is 0 Å². The zero-order valence-electron chi connectivity index (χ0n) is 16.8. The van der Waals surface area contributed by atoms with Crippen LogP contribution in [0.5, 0.6) is 0 Å². The Morgan fingerprint density at radius 3 is 2.77 bits per heavy atom. The van der Waals surface area contributed by atoms with Crippen molar-refractivity contribution in [1.82, 2.24) is 16.0 Å². The van der Waals surface area contributed by atoms with E-state index in [-0.39, 0.29) is 24.4 Å². The van der Waals surface area contributed by atoms with Crippen LogP contribution in [0.3, 0.4) is 0 Å². The molecule has 2 amide bonds. The minimum absolute atomic E-state index is 0.0985. The second-order valence-corrected chi connectivity index (χ2v) is 8.06. The van der Waals surface area contributed by atoms with E-state index in [0.717, 1.165) is 18.5 Å². The lowest BCUT2D eigenvalue weighted by Gasteiger charge is -2.16. The Morgan fingerprint density at radius 1 is 1.27 bits per heavy atom. The van der Waals surface area contributed by atoms with E-state index in [1.54, 1.807) is 25.1 Å². The standard InChI is InChI=1S/C23H25ClN4O2/c1-15(23(30)27-13-17-7-16(12-25)8-20(24)9-17)28-22(29)11-21-10-19(14-26-21)18-5-3-2-4-6-18/h2-9,15,19,21,26H,10-11,13-14H2,1H3,(H,27,30)(H,28,29)/t15-,19-,21+/m0/s1. The molecular formula is C23H25ClN4O2. The first-order chi connectivity index (χ1) is 14.4. The number of nitrogens with zero attached hydrogens (tertiary/aromatic N) is 1. The molecule has 3 atom stereocenters. The largest absolute Gasteiger partial charge is 0.350 e. The second kappa shape index (κ2) is 10.2. The van der Waals surface area contributed by atoms with Gasteiger partial charge in [0.1, 0.15) is 6.04 Å². The van der Waals surface area contributed by atoms with Gasteiger partial charge >= 0.3 is 0 Å². The maximum atomic E-state index is 12.4. The minimum Gasteiger partial charge on any atom is -0.350 e. The van der Waals surface area contributed by atoms with E-state index >= 15 is 0 Å². The van der Waals surface area contributed by atoms with Crippen LogP contribution < -0.4 is 16.0 Å². The van der Waals surface area contributed by atoms with Crippen LogP contribution in [0.1, 0.15) is 42.4 Å². The summed E-state index contributed by atoms with van der Waals surface area (Å²) in [6.45, 7) is 2.74. The number of halogens is 1. The zero-order valence-corrected chi connectivity index (χ0v) is 17.6. The normalized spacial score (nSPS) is 19.0. The Morgan fingerprint density at radius 2 is 2.03 bits per heavy atom. The van der Waals surface area contributed by atoms with E-state index in [0.29, 0.717) is 22.9 Å². The van der Waals surface area contributed by atoms with Gasteiger partial charge in [-0.25, -0.2) is 0 Å². The quantitative estimate of drug-likeness (QED) is 0.637. The molecule has 6 nitrogen and oxygen atoms in total. The topological polar surface area (TPSA) is 94.0 Å². The molecule has 2 aromatic carbocycles. The number of hydrogen-bond acceptors (Lipinski definition) is 4. The monoisotopic (exact) mass is 424 g/mol. The van der Waals surface area contributed by atoms with Gasteiger partial charge in [-0.15, -0.1) is 0 Å². The Kier molecular flexibility index (Phi) is 7.45. The SMILES string of the molecule is C[C@H](NC(=O)C[C@H]1C[C@H](c2ccccc2)CN1)C(=O)NCc1cc(Cl)cc(C#N)c1. The van der Waals surface area contributed by atoms with Crippen molar-refractivity contribution in [3.8, 4) is 6.07 Å². The van der Waals surface area contributed by atoms with Gasteiger partial charge in [-0.1, -0.05) is 41.9 Å². The molecule has 3 N–H and O–H groups in total. The van der Waals surface area contributed by atoms with E-state index in [2.05, 4.69) is 28.1 Å². The number of carbonyl (C=O) groups excluding carboxylic acids is 2. The van der Waals surface area contributed by atoms with Crippen molar-refractivity contribution in [2.75, 3.05) is 6.54 Å². The molecule has 156 valence electrons. The van der Waals surface area contributed by atoms with Crippen molar-refractivity contribution < 1.29 is 9.59 Å². The first kappa shape index (κ1) is 21.8. The summed E-state index contributed by atoms with van der Waals surface area (Å²) in [6, 6.07) is 16.7. The molecule has 0 bridgehead atoms. The van der Waals surface area contributed by atoms with E-state index in [4.69, 9.17) is 16.9 Å². The van der Waals surface area contributed by atoms with Gasteiger partial charge in [0.25, 0.3) is 0 Å². The lowest BCUT2D eigenvalue weighted by Crippen LogP contribution is -2.45. The van der Waals surface area contributed by atoms with Crippen LogP contribution in [-0.2, 0) is 16.1 Å². The molecular weight excluding hydrogens is 400 g/mol. The summed E-state index contributed by atoms with van der Waals surface area (Å²) in [4.78, 5) is 24.7. The van der Waals surface area contributed by atoms with Crippen molar-refractivity contribution in [2.45, 2.75) is 44.3 Å². The molecule has 0 aliphatic carbocycles. The van der Waals surface area contributed by atoms with Crippen LogP contribution in [-0.4, -0.2) is 30.4 Å². The lowest BCUT2D eigenvalue weighted by atomic mass is 9.95. The highest BCUT2D eigenvalue weighted by Gasteiger charge is 2.27. The van der Waals surface area contributed by atoms with Crippen LogP contribution in [0.4, 0.5) is 0 Å². The molecule has 3 rings (SSSR count). The summed E-state index contributed by atoms with van der Waals surface area (Å²) >= 11 is 5.98. The Labute approximate surface area is 181 Å². The highest BCUT2D eigenvalue weighted by atomic mass is 35.5. The van der Waals surface area contributed by atoms with E-state index in [1.807, 2.05) is 24.3 Å². The maximum absolute atomic E-state index is 12.4. The Hall–Kier alpha value is -2.88. The van der Waals surface area contributed by atoms with Gasteiger partial charge in [-0.05, 0) is 48.6 Å². The predicted octanol–water partition coefficient (Wildman–Crippen LogP) is 2.87. The summed E-state index contributed by atoms with van der Waals surface area (Å²) in [7, 11) is 0. The smallest absolute Gasteiger partial charge is 0.242 e. The number of hydrogen-bond donors (Lipinski definition) is 3. The van der Waals surface area contributed by atoms with Crippen molar-refractivity contribution in [1.29, 1.82) is 5.26 Å². The number of amides is 2. The molecule has 1 fully saturated rings. The first-order valence-electron chi connectivity index (χ1n) is 9.99. The number of nitrogens with one attached hydrogen (secondary N) is 3. The molecule has 0 unspecified atom stereocenters. The molecule has 7 heteroatoms. The van der Waals surface area contributed by atoms with Crippen LogP contribution >= 0.6 is 11.6 Å². The summed E-state index contributed by atoms with van der Waals surface area (Å²) < 4.78 is 0. The first-order valence-corrected chi connectivity index (χ1v) is 10.4. The van der Waals surface area contributed by atoms with Gasteiger partial charge in [0.2, 0.25) is 11.8 Å². The summed E-state index contributed by atoms with van der Waals surface area (Å²) in [5.41, 5.74) is 2.44. The van der Waals surface area contributed by atoms with Gasteiger partial charge in [-0.2, -0.15) is 5.26 Å². The third kappa shape index (κ3) is 6.06. The third-order valence-electron chi connectivity index (χ3n) is 5.25. The molecule has 1 saturated heterocycles. The second-order valence-electron chi connectivity index (χ2n) is 7.62. The maximum Gasteiger partial charge on any atom is 0.242 e. The van der Waals surface area contributed by atoms with Gasteiger partial charge in [0, 0.05) is 30.6 Å². The average molecular weight is 425 g/mol. The highest BCUT2D eigenvalue weighted by molar-refractivity contribution is 6.30. The van der Waals surface area contributed by atoms with E-state index in [1.165, 1.54) is 5.56 Å². The fourth-order valence-corrected chi connectivity index (χ4v) is 3.96. The van der Waals surface area contributed by atoms with E-state index in [9.17, 15) is 9.59 Å². The molecule has 2 aromatic rings. The lowest BCUT2D eigenvalue weighted by molar-refractivity contribution is -0.128. The number of nitriles is 1. The van der Waals surface area contributed by atoms with Crippen molar-refractivity contribution in [3.63, 3.8) is 0 Å². The summed E-state index contributed by atoms with van der Waals surface area (Å²) in [6.07, 6.45) is 1.23. The third-order valence-corrected chi connectivity index (χ3v) is 5.47. The molecule has 1 aliphatic heterocycles. The zero-order chi connectivity index (χ0) is 21.5. The van der Waals surface area contributed by atoms with Gasteiger partial charge in [0.05, 0.1) is 11.6 Å². The van der Waals surface area contributed by atoms with Gasteiger partial charge < -0.3 is 16.0 Å². The molecule has 0 radical (unpaired) electrons. The summed E-state index contributed by atoms with van der Waals surface area (Å²) in [5, 5.41) is 18.4. The predicted molar refractivity (Wildman–Crippen MR) is 116 cm³/mol. The van der Waals surface area contributed by atoms with Crippen LogP contribution in [0.15, 0.2) is 48.5 Å². The van der Waals surface area contributed by atoms with E-state index < -0.39 is 6.04 Å². The van der Waals surface area contributed by atoms with Gasteiger partial charge in [0.15, 0.2) is 0 Å². The van der Waals surface area contributed by atoms with Crippen LogP contribution in [0.2, 0.25) is 5.02 Å². The summed E-state index contributed by atoms with van der Waals surface area (Å²) in [5.74, 6) is -0.0394. The highest BCUT2D eigenvalue weighted by Crippen LogP contribution is 2.26. The molecule has 0 aromatic heterocycles. The number of rotatable bonds is 7. The minimum atomic E-state index is -0.654. The molecule has 1 aliphatic rings. The number of benzene rings is 2. The van der Waals surface area contributed by atoms with Crippen LogP contribution in [0, 0.1) is 11.3 Å². The Balaban J connectivity index is 1.43. The molecule has 1 heterocycles. The van der Waals surface area contributed by atoms with Gasteiger partial charge in [-0.3, -0.25) is 9.59 Å². The Bertz CT molecular complexity index is 942. The molecule has 0 spiro atoms. The fraction of sp³-hybridized carbons (Fsp3) is 0.348. The van der Waals surface area contributed by atoms with Crippen molar-refractivity contribution >= 4 is 23.4 Å². The average Bonchev–Trinajstić information content (AvgIpc) is 3.20. The molecule has 30 heavy (non-hydrogen) atoms. The van der Waals surface area contributed by atoms with Crippen molar-refractivity contribution in [2.24, 2.45) is 0 Å². The number of carbonyl (C=O) groups is 2. The molecule has 0 saturated carbocycles.